The molecule has 0 spiro atoms. The molecule has 0 radical (unpaired) electrons. The third kappa shape index (κ3) is 5.32. The number of hydrogen-bond acceptors (Lipinski definition) is 5. The van der Waals surface area contributed by atoms with Crippen molar-refractivity contribution in [1.29, 1.82) is 0 Å². The van der Waals surface area contributed by atoms with Gasteiger partial charge in [0.1, 0.15) is 12.7 Å². The normalized spacial score (nSPS) is 18.0. The minimum atomic E-state index is -1.17. The van der Waals surface area contributed by atoms with Crippen molar-refractivity contribution in [1.82, 2.24) is 4.90 Å². The number of benzene rings is 2. The highest BCUT2D eigenvalue weighted by atomic mass is 35.5. The number of halogens is 1. The van der Waals surface area contributed by atoms with Crippen LogP contribution in [0.1, 0.15) is 54.6 Å². The van der Waals surface area contributed by atoms with E-state index in [1.807, 2.05) is 30.3 Å². The maximum absolute atomic E-state index is 12.8. The second kappa shape index (κ2) is 10.5. The molecule has 0 saturated carbocycles. The predicted octanol–water partition coefficient (Wildman–Crippen LogP) is 4.96. The Kier molecular flexibility index (Phi) is 7.71. The highest BCUT2D eigenvalue weighted by Crippen LogP contribution is 2.32. The summed E-state index contributed by atoms with van der Waals surface area (Å²) in [4.78, 5) is 26.7. The molecule has 1 amide bonds. The van der Waals surface area contributed by atoms with Gasteiger partial charge in [0.05, 0.1) is 11.6 Å². The number of aliphatic hydroxyl groups is 1. The van der Waals surface area contributed by atoms with E-state index in [1.54, 1.807) is 18.2 Å². The Balaban J connectivity index is 1.87. The molecule has 3 atom stereocenters. The lowest BCUT2D eigenvalue weighted by atomic mass is 10.0. The number of unbranched alkanes of at least 4 members (excludes halogenated alkanes) is 2. The van der Waals surface area contributed by atoms with Gasteiger partial charge in [-0.05, 0) is 30.2 Å². The van der Waals surface area contributed by atoms with Gasteiger partial charge in [0.15, 0.2) is 0 Å². The minimum absolute atomic E-state index is 0.121. The van der Waals surface area contributed by atoms with Crippen LogP contribution in [0, 0.1) is 0 Å². The van der Waals surface area contributed by atoms with Gasteiger partial charge in [-0.3, -0.25) is 4.90 Å². The van der Waals surface area contributed by atoms with Crippen molar-refractivity contribution >= 4 is 23.7 Å². The Morgan fingerprint density at radius 3 is 2.70 bits per heavy atom. The number of carbonyl (C=O) groups is 2. The van der Waals surface area contributed by atoms with Crippen LogP contribution in [0.15, 0.2) is 54.6 Å². The second-order valence-corrected chi connectivity index (χ2v) is 7.72. The molecule has 1 heterocycles. The van der Waals surface area contributed by atoms with Gasteiger partial charge in [-0.15, -0.1) is 0 Å². The molecule has 3 rings (SSSR count). The van der Waals surface area contributed by atoms with Crippen molar-refractivity contribution in [3.8, 4) is 0 Å². The molecule has 0 bridgehead atoms. The monoisotopic (exact) mass is 431 g/mol. The number of esters is 1. The third-order valence-corrected chi connectivity index (χ3v) is 5.33. The molecule has 1 saturated heterocycles. The summed E-state index contributed by atoms with van der Waals surface area (Å²) in [6.45, 7) is 2.18. The molecule has 1 fully saturated rings. The second-order valence-electron chi connectivity index (χ2n) is 7.28. The Morgan fingerprint density at radius 2 is 2.00 bits per heavy atom. The van der Waals surface area contributed by atoms with Crippen LogP contribution < -0.4 is 0 Å². The molecule has 160 valence electrons. The summed E-state index contributed by atoms with van der Waals surface area (Å²) in [6, 6.07) is 15.2. The summed E-state index contributed by atoms with van der Waals surface area (Å²) in [6.07, 6.45) is 0.220. The van der Waals surface area contributed by atoms with Crippen LogP contribution in [-0.2, 0) is 9.47 Å². The van der Waals surface area contributed by atoms with Crippen LogP contribution >= 0.6 is 11.6 Å². The van der Waals surface area contributed by atoms with E-state index >= 15 is 0 Å². The van der Waals surface area contributed by atoms with E-state index in [1.165, 1.54) is 11.0 Å². The van der Waals surface area contributed by atoms with Crippen molar-refractivity contribution in [3.05, 3.63) is 70.7 Å². The van der Waals surface area contributed by atoms with Gasteiger partial charge < -0.3 is 14.6 Å². The van der Waals surface area contributed by atoms with Crippen LogP contribution in [0.5, 0.6) is 0 Å². The van der Waals surface area contributed by atoms with Crippen LogP contribution in [0.25, 0.3) is 0 Å². The molecule has 1 aliphatic heterocycles. The Bertz CT molecular complexity index is 860. The molecule has 2 aromatic rings. The summed E-state index contributed by atoms with van der Waals surface area (Å²) >= 11 is 5.98. The number of ether oxygens (including phenoxy) is 2. The highest BCUT2D eigenvalue weighted by Gasteiger charge is 2.44. The van der Waals surface area contributed by atoms with Gasteiger partial charge in [0.25, 0.3) is 0 Å². The van der Waals surface area contributed by atoms with Crippen LogP contribution in [0.3, 0.4) is 0 Å². The first-order valence-electron chi connectivity index (χ1n) is 10.2. The first-order valence-corrected chi connectivity index (χ1v) is 10.5. The van der Waals surface area contributed by atoms with Crippen molar-refractivity contribution < 1.29 is 24.2 Å². The number of nitrogens with zero attached hydrogens (tertiary/aromatic N) is 1. The Hall–Kier alpha value is -2.57. The Labute approximate surface area is 181 Å². The first kappa shape index (κ1) is 22.1. The number of amides is 1. The van der Waals surface area contributed by atoms with E-state index in [2.05, 4.69) is 6.92 Å². The molecule has 6 nitrogen and oxygen atoms in total. The molecule has 7 heteroatoms. The van der Waals surface area contributed by atoms with Gasteiger partial charge in [-0.2, -0.15) is 0 Å². The average molecular weight is 432 g/mol. The molecule has 1 aliphatic rings. The van der Waals surface area contributed by atoms with E-state index in [9.17, 15) is 14.7 Å². The summed E-state index contributed by atoms with van der Waals surface area (Å²) in [5.74, 6) is -0.663. The molecule has 2 unspecified atom stereocenters. The van der Waals surface area contributed by atoms with Gasteiger partial charge in [0, 0.05) is 5.02 Å². The summed E-state index contributed by atoms with van der Waals surface area (Å²) in [7, 11) is 0. The zero-order valence-electron chi connectivity index (χ0n) is 16.9. The minimum Gasteiger partial charge on any atom is -0.447 e. The van der Waals surface area contributed by atoms with Gasteiger partial charge in [-0.25, -0.2) is 9.59 Å². The van der Waals surface area contributed by atoms with E-state index in [-0.39, 0.29) is 12.2 Å². The molecule has 1 N–H and O–H groups in total. The molecule has 2 aromatic carbocycles. The fraction of sp³-hybridized carbons (Fsp3) is 0.391. The predicted molar refractivity (Wildman–Crippen MR) is 113 cm³/mol. The number of rotatable bonds is 9. The maximum Gasteiger partial charge on any atom is 0.413 e. The number of carbonyl (C=O) groups excluding carboxylic acids is 2. The lowest BCUT2D eigenvalue weighted by molar-refractivity contribution is -0.0872. The zero-order chi connectivity index (χ0) is 21.5. The molecule has 0 aromatic heterocycles. The van der Waals surface area contributed by atoms with E-state index in [0.29, 0.717) is 11.4 Å². The fourth-order valence-electron chi connectivity index (χ4n) is 3.51. The molecule has 30 heavy (non-hydrogen) atoms. The van der Waals surface area contributed by atoms with E-state index in [0.717, 1.165) is 24.8 Å². The molecular weight excluding hydrogens is 406 g/mol. The standard InChI is InChI=1S/C23H26ClNO5/c1-2-3-5-13-20(26)21(30-22(27)17-11-8-12-18(24)14-17)25-19(15-29-23(25)28)16-9-6-4-7-10-16/h4,6-12,14,19-21,26H,2-3,5,13,15H2,1H3/t19-,20?,21?/m0/s1. The summed E-state index contributed by atoms with van der Waals surface area (Å²) < 4.78 is 10.9. The quantitative estimate of drug-likeness (QED) is 0.448. The van der Waals surface area contributed by atoms with E-state index < -0.39 is 30.4 Å². The number of cyclic esters (lactones) is 1. The van der Waals surface area contributed by atoms with Crippen molar-refractivity contribution in [2.24, 2.45) is 0 Å². The fourth-order valence-corrected chi connectivity index (χ4v) is 3.70. The van der Waals surface area contributed by atoms with Crippen LogP contribution in [0.2, 0.25) is 5.02 Å². The van der Waals surface area contributed by atoms with Gasteiger partial charge in [-0.1, -0.05) is 74.2 Å². The van der Waals surface area contributed by atoms with Gasteiger partial charge >= 0.3 is 12.1 Å². The summed E-state index contributed by atoms with van der Waals surface area (Å²) in [5, 5.41) is 11.3. The largest absolute Gasteiger partial charge is 0.447 e. The lowest BCUT2D eigenvalue weighted by Crippen LogP contribution is -2.48. The molecular formula is C23H26ClNO5. The zero-order valence-corrected chi connectivity index (χ0v) is 17.6. The molecule has 0 aliphatic carbocycles. The van der Waals surface area contributed by atoms with Crippen molar-refractivity contribution in [3.63, 3.8) is 0 Å². The topological polar surface area (TPSA) is 76.1 Å². The third-order valence-electron chi connectivity index (χ3n) is 5.09. The number of aliphatic hydroxyl groups excluding tert-OH is 1. The Morgan fingerprint density at radius 1 is 1.23 bits per heavy atom. The van der Waals surface area contributed by atoms with Gasteiger partial charge in [0.2, 0.25) is 6.23 Å². The smallest absolute Gasteiger partial charge is 0.413 e. The summed E-state index contributed by atoms with van der Waals surface area (Å²) in [5.41, 5.74) is 1.09. The first-order chi connectivity index (χ1) is 14.5. The lowest BCUT2D eigenvalue weighted by Gasteiger charge is -2.33. The van der Waals surface area contributed by atoms with Crippen molar-refractivity contribution in [2.45, 2.75) is 51.0 Å². The number of hydrogen-bond donors (Lipinski definition) is 1. The van der Waals surface area contributed by atoms with Crippen molar-refractivity contribution in [2.75, 3.05) is 6.61 Å². The highest BCUT2D eigenvalue weighted by molar-refractivity contribution is 6.30. The van der Waals surface area contributed by atoms with Crippen LogP contribution in [-0.4, -0.2) is 41.0 Å². The average Bonchev–Trinajstić information content (AvgIpc) is 3.13. The van der Waals surface area contributed by atoms with Crippen LogP contribution in [0.4, 0.5) is 4.79 Å². The maximum atomic E-state index is 12.8. The van der Waals surface area contributed by atoms with E-state index in [4.69, 9.17) is 21.1 Å². The SMILES string of the molecule is CCCCCC(O)C(OC(=O)c1cccc(Cl)c1)N1C(=O)OC[C@H]1c1ccccc1.